The van der Waals surface area contributed by atoms with Crippen LogP contribution in [0.3, 0.4) is 0 Å². The van der Waals surface area contributed by atoms with Crippen LogP contribution in [0.25, 0.3) is 0 Å². The maximum atomic E-state index is 13.1. The van der Waals surface area contributed by atoms with Crippen LogP contribution in [0, 0.1) is 0 Å². The summed E-state index contributed by atoms with van der Waals surface area (Å²) >= 11 is 1.08. The third kappa shape index (κ3) is 4.16. The average Bonchev–Trinajstić information content (AvgIpc) is 3.38. The number of nitrogens with one attached hydrogen (secondary N) is 1. The molecule has 3 N–H and O–H groups in total. The number of thiophene rings is 1. The second-order valence-electron chi connectivity index (χ2n) is 6.39. The standard InChI is InChI=1S/C16H24N4O5S2/c17-6-7-18-14(21)15-19(16(22)12-4-1-10-25-12)8-3-9-20(15)27(23,24)13-5-2-11-26-13/h2,5,11-12,15H,1,3-4,6-10,17H2,(H,18,21). The van der Waals surface area contributed by atoms with Gasteiger partial charge >= 0.3 is 0 Å². The fraction of sp³-hybridized carbons (Fsp3) is 0.625. The Hall–Kier alpha value is -1.53. The van der Waals surface area contributed by atoms with E-state index in [1.807, 2.05) is 0 Å². The molecule has 0 radical (unpaired) electrons. The highest BCUT2D eigenvalue weighted by atomic mass is 32.2. The molecule has 3 heterocycles. The van der Waals surface area contributed by atoms with Crippen molar-refractivity contribution < 1.29 is 22.7 Å². The van der Waals surface area contributed by atoms with Crippen LogP contribution < -0.4 is 11.1 Å². The van der Waals surface area contributed by atoms with E-state index in [0.717, 1.165) is 22.1 Å². The Kier molecular flexibility index (Phi) is 6.48. The number of carbonyl (C=O) groups excluding carboxylic acids is 2. The molecule has 2 aliphatic rings. The molecule has 2 amide bonds. The van der Waals surface area contributed by atoms with Crippen LogP contribution in [-0.4, -0.2) is 74.5 Å². The predicted octanol–water partition coefficient (Wildman–Crippen LogP) is -0.449. The minimum atomic E-state index is -3.90. The predicted molar refractivity (Wildman–Crippen MR) is 99.4 cm³/mol. The van der Waals surface area contributed by atoms with Gasteiger partial charge in [0, 0.05) is 32.8 Å². The van der Waals surface area contributed by atoms with Crippen LogP contribution in [0.1, 0.15) is 19.3 Å². The van der Waals surface area contributed by atoms with Crippen LogP contribution in [0.4, 0.5) is 0 Å². The fourth-order valence-corrected chi connectivity index (χ4v) is 6.03. The molecular weight excluding hydrogens is 392 g/mol. The third-order valence-electron chi connectivity index (χ3n) is 4.57. The van der Waals surface area contributed by atoms with Crippen LogP contribution >= 0.6 is 11.3 Å². The van der Waals surface area contributed by atoms with Gasteiger partial charge in [-0.15, -0.1) is 11.3 Å². The first kappa shape index (κ1) is 20.2. The number of nitrogens with two attached hydrogens (primary N) is 1. The number of hydrogen-bond donors (Lipinski definition) is 2. The Morgan fingerprint density at radius 3 is 2.78 bits per heavy atom. The largest absolute Gasteiger partial charge is 0.368 e. The monoisotopic (exact) mass is 416 g/mol. The van der Waals surface area contributed by atoms with Gasteiger partial charge in [-0.1, -0.05) is 6.07 Å². The van der Waals surface area contributed by atoms with Gasteiger partial charge in [0.25, 0.3) is 21.8 Å². The molecule has 1 aromatic heterocycles. The van der Waals surface area contributed by atoms with Crippen molar-refractivity contribution in [3.8, 4) is 0 Å². The summed E-state index contributed by atoms with van der Waals surface area (Å²) in [4.78, 5) is 27.1. The Morgan fingerprint density at radius 1 is 1.33 bits per heavy atom. The summed E-state index contributed by atoms with van der Waals surface area (Å²) in [6.07, 6.45) is -0.0763. The summed E-state index contributed by atoms with van der Waals surface area (Å²) in [5, 5.41) is 4.29. The molecule has 3 rings (SSSR count). The Bertz CT molecular complexity index is 762. The Labute approximate surface area is 162 Å². The zero-order valence-electron chi connectivity index (χ0n) is 14.9. The zero-order chi connectivity index (χ0) is 19.4. The lowest BCUT2D eigenvalue weighted by molar-refractivity contribution is -0.154. The molecule has 2 saturated heterocycles. The topological polar surface area (TPSA) is 122 Å². The van der Waals surface area contributed by atoms with Crippen molar-refractivity contribution in [2.45, 2.75) is 35.7 Å². The molecule has 0 saturated carbocycles. The summed E-state index contributed by atoms with van der Waals surface area (Å²) in [5.41, 5.74) is 5.45. The van der Waals surface area contributed by atoms with Crippen molar-refractivity contribution >= 4 is 33.2 Å². The van der Waals surface area contributed by atoms with Crippen LogP contribution in [0.5, 0.6) is 0 Å². The second-order valence-corrected chi connectivity index (χ2v) is 9.45. The molecule has 2 unspecified atom stereocenters. The van der Waals surface area contributed by atoms with Crippen LogP contribution in [-0.2, 0) is 24.3 Å². The maximum Gasteiger partial charge on any atom is 0.259 e. The number of sulfonamides is 1. The summed E-state index contributed by atoms with van der Waals surface area (Å²) < 4.78 is 32.9. The molecule has 9 nitrogen and oxygen atoms in total. The lowest BCUT2D eigenvalue weighted by Gasteiger charge is -2.42. The summed E-state index contributed by atoms with van der Waals surface area (Å²) in [6, 6.07) is 3.13. The fourth-order valence-electron chi connectivity index (χ4n) is 3.32. The van der Waals surface area contributed by atoms with E-state index < -0.39 is 28.2 Å². The lowest BCUT2D eigenvalue weighted by Crippen LogP contribution is -2.64. The van der Waals surface area contributed by atoms with Crippen LogP contribution in [0.15, 0.2) is 21.7 Å². The summed E-state index contributed by atoms with van der Waals surface area (Å²) in [7, 11) is -3.90. The van der Waals surface area contributed by atoms with Crippen molar-refractivity contribution in [3.05, 3.63) is 17.5 Å². The quantitative estimate of drug-likeness (QED) is 0.648. The first-order valence-electron chi connectivity index (χ1n) is 8.92. The molecule has 1 aromatic rings. The maximum absolute atomic E-state index is 13.1. The number of carbonyl (C=O) groups is 2. The van der Waals surface area contributed by atoms with E-state index in [1.54, 1.807) is 11.4 Å². The van der Waals surface area contributed by atoms with E-state index in [-0.39, 0.29) is 29.8 Å². The van der Waals surface area contributed by atoms with Gasteiger partial charge in [0.2, 0.25) is 0 Å². The molecule has 2 atom stereocenters. The first-order valence-corrected chi connectivity index (χ1v) is 11.2. The normalized spacial score (nSPS) is 24.1. The number of ether oxygens (including phenoxy) is 1. The molecular formula is C16H24N4O5S2. The van der Waals surface area contributed by atoms with Crippen molar-refractivity contribution in [3.63, 3.8) is 0 Å². The van der Waals surface area contributed by atoms with E-state index in [0.29, 0.717) is 26.0 Å². The molecule has 11 heteroatoms. The second kappa shape index (κ2) is 8.65. The zero-order valence-corrected chi connectivity index (χ0v) is 16.5. The third-order valence-corrected chi connectivity index (χ3v) is 7.80. The van der Waals surface area contributed by atoms with E-state index in [2.05, 4.69) is 5.32 Å². The SMILES string of the molecule is NCCNC(=O)C1N(C(=O)C2CCCO2)CCCN1S(=O)(=O)c1cccs1. The smallest absolute Gasteiger partial charge is 0.259 e. The van der Waals surface area contributed by atoms with Gasteiger partial charge in [-0.05, 0) is 30.7 Å². The van der Waals surface area contributed by atoms with Crippen molar-refractivity contribution in [2.24, 2.45) is 5.73 Å². The number of hydrogen-bond acceptors (Lipinski definition) is 7. The lowest BCUT2D eigenvalue weighted by atomic mass is 10.1. The molecule has 0 aromatic carbocycles. The Morgan fingerprint density at radius 2 is 2.15 bits per heavy atom. The van der Waals surface area contributed by atoms with E-state index in [4.69, 9.17) is 10.5 Å². The minimum Gasteiger partial charge on any atom is -0.368 e. The van der Waals surface area contributed by atoms with Crippen molar-refractivity contribution in [2.75, 3.05) is 32.8 Å². The van der Waals surface area contributed by atoms with Crippen molar-refractivity contribution in [1.29, 1.82) is 0 Å². The number of nitrogens with zero attached hydrogens (tertiary/aromatic N) is 2. The highest BCUT2D eigenvalue weighted by molar-refractivity contribution is 7.91. The summed E-state index contributed by atoms with van der Waals surface area (Å²) in [6.45, 7) is 1.37. The van der Waals surface area contributed by atoms with E-state index in [1.165, 1.54) is 11.0 Å². The van der Waals surface area contributed by atoms with Gasteiger partial charge in [0.15, 0.2) is 6.17 Å². The molecule has 0 bridgehead atoms. The summed E-state index contributed by atoms with van der Waals surface area (Å²) in [5.74, 6) is -0.891. The number of rotatable bonds is 6. The van der Waals surface area contributed by atoms with Gasteiger partial charge < -0.3 is 20.7 Å². The number of amides is 2. The first-order chi connectivity index (χ1) is 13.0. The Balaban J connectivity index is 1.93. The molecule has 2 fully saturated rings. The van der Waals surface area contributed by atoms with Gasteiger partial charge in [-0.2, -0.15) is 4.31 Å². The van der Waals surface area contributed by atoms with Gasteiger partial charge in [0.05, 0.1) is 0 Å². The van der Waals surface area contributed by atoms with Gasteiger partial charge in [0.1, 0.15) is 10.3 Å². The molecule has 0 aliphatic carbocycles. The minimum absolute atomic E-state index is 0.144. The molecule has 150 valence electrons. The van der Waals surface area contributed by atoms with Crippen LogP contribution in [0.2, 0.25) is 0 Å². The highest BCUT2D eigenvalue weighted by Crippen LogP contribution is 2.28. The van der Waals surface area contributed by atoms with Crippen molar-refractivity contribution in [1.82, 2.24) is 14.5 Å². The van der Waals surface area contributed by atoms with E-state index in [9.17, 15) is 18.0 Å². The molecule has 27 heavy (non-hydrogen) atoms. The van der Waals surface area contributed by atoms with Gasteiger partial charge in [-0.25, -0.2) is 8.42 Å². The highest BCUT2D eigenvalue weighted by Gasteiger charge is 2.46. The molecule has 0 spiro atoms. The molecule has 2 aliphatic heterocycles. The van der Waals surface area contributed by atoms with E-state index >= 15 is 0 Å². The van der Waals surface area contributed by atoms with Gasteiger partial charge in [-0.3, -0.25) is 9.59 Å². The average molecular weight is 417 g/mol.